The van der Waals surface area contributed by atoms with E-state index >= 15 is 0 Å². The zero-order valence-corrected chi connectivity index (χ0v) is 8.48. The van der Waals surface area contributed by atoms with Crippen LogP contribution < -0.4 is 4.74 Å². The Hall–Kier alpha value is -1.95. The second-order valence-electron chi connectivity index (χ2n) is 3.02. The van der Waals surface area contributed by atoms with Crippen molar-refractivity contribution >= 4 is 0 Å². The monoisotopic (exact) mass is 224 g/mol. The summed E-state index contributed by atoms with van der Waals surface area (Å²) in [6, 6.07) is 4.20. The first-order chi connectivity index (χ1) is 7.74. The second-order valence-corrected chi connectivity index (χ2v) is 3.02. The fourth-order valence-electron chi connectivity index (χ4n) is 1.23. The summed E-state index contributed by atoms with van der Waals surface area (Å²) in [4.78, 5) is 3.81. The fraction of sp³-hybridized carbons (Fsp3) is 0.200. The summed E-state index contributed by atoms with van der Waals surface area (Å²) < 4.78 is 23.1. The van der Waals surface area contributed by atoms with E-state index in [0.717, 1.165) is 0 Å². The van der Waals surface area contributed by atoms with Crippen LogP contribution in [0.15, 0.2) is 22.7 Å². The van der Waals surface area contributed by atoms with Crippen molar-refractivity contribution in [2.45, 2.75) is 6.61 Å². The van der Waals surface area contributed by atoms with E-state index in [1.165, 1.54) is 25.3 Å². The van der Waals surface area contributed by atoms with E-state index in [4.69, 9.17) is 9.84 Å². The minimum absolute atomic E-state index is 0.0391. The Morgan fingerprint density at radius 3 is 2.94 bits per heavy atom. The van der Waals surface area contributed by atoms with Crippen LogP contribution in [0.2, 0.25) is 0 Å². The van der Waals surface area contributed by atoms with Crippen LogP contribution in [0.3, 0.4) is 0 Å². The van der Waals surface area contributed by atoms with Gasteiger partial charge in [-0.25, -0.2) is 4.39 Å². The average Bonchev–Trinajstić information content (AvgIpc) is 2.78. The van der Waals surface area contributed by atoms with Crippen LogP contribution in [0.4, 0.5) is 4.39 Å². The Balaban J connectivity index is 2.45. The maximum absolute atomic E-state index is 13.5. The first kappa shape index (κ1) is 10.6. The van der Waals surface area contributed by atoms with Crippen molar-refractivity contribution in [3.8, 4) is 17.1 Å². The molecule has 1 aromatic heterocycles. The van der Waals surface area contributed by atoms with E-state index in [9.17, 15) is 4.39 Å². The molecule has 1 N–H and O–H groups in total. The molecular weight excluding hydrogens is 215 g/mol. The van der Waals surface area contributed by atoms with Gasteiger partial charge < -0.3 is 14.4 Å². The second kappa shape index (κ2) is 4.28. The number of aromatic nitrogens is 2. The lowest BCUT2D eigenvalue weighted by Crippen LogP contribution is -1.90. The van der Waals surface area contributed by atoms with Gasteiger partial charge in [-0.1, -0.05) is 5.16 Å². The maximum Gasteiger partial charge on any atom is 0.252 e. The van der Waals surface area contributed by atoms with E-state index in [1.807, 2.05) is 0 Å². The van der Waals surface area contributed by atoms with Crippen LogP contribution in [-0.4, -0.2) is 22.4 Å². The normalized spacial score (nSPS) is 10.4. The van der Waals surface area contributed by atoms with E-state index in [1.54, 1.807) is 0 Å². The third-order valence-electron chi connectivity index (χ3n) is 2.02. The highest BCUT2D eigenvalue weighted by Crippen LogP contribution is 2.24. The van der Waals surface area contributed by atoms with Crippen molar-refractivity contribution in [3.63, 3.8) is 0 Å². The molecule has 16 heavy (non-hydrogen) atoms. The minimum Gasteiger partial charge on any atom is -0.497 e. The van der Waals surface area contributed by atoms with Crippen molar-refractivity contribution in [3.05, 3.63) is 29.9 Å². The summed E-state index contributed by atoms with van der Waals surface area (Å²) >= 11 is 0. The van der Waals surface area contributed by atoms with E-state index in [0.29, 0.717) is 5.75 Å². The molecule has 0 bridgehead atoms. The van der Waals surface area contributed by atoms with Crippen LogP contribution in [0.1, 0.15) is 5.89 Å². The molecule has 0 spiro atoms. The van der Waals surface area contributed by atoms with E-state index in [-0.39, 0.29) is 23.9 Å². The summed E-state index contributed by atoms with van der Waals surface area (Å²) in [5.41, 5.74) is 0.169. The van der Waals surface area contributed by atoms with Crippen LogP contribution in [0.25, 0.3) is 11.4 Å². The van der Waals surface area contributed by atoms with Crippen LogP contribution in [-0.2, 0) is 6.61 Å². The molecule has 0 aliphatic rings. The number of nitrogens with zero attached hydrogens (tertiary/aromatic N) is 2. The summed E-state index contributed by atoms with van der Waals surface area (Å²) in [5, 5.41) is 12.3. The first-order valence-electron chi connectivity index (χ1n) is 4.52. The van der Waals surface area contributed by atoms with Gasteiger partial charge in [0.1, 0.15) is 18.2 Å². The van der Waals surface area contributed by atoms with Crippen molar-refractivity contribution in [2.24, 2.45) is 0 Å². The number of aliphatic hydroxyl groups is 1. The van der Waals surface area contributed by atoms with Crippen molar-refractivity contribution in [1.29, 1.82) is 0 Å². The van der Waals surface area contributed by atoms with Crippen LogP contribution in [0, 0.1) is 5.82 Å². The van der Waals surface area contributed by atoms with Gasteiger partial charge in [0.2, 0.25) is 5.82 Å². The molecule has 0 aliphatic carbocycles. The largest absolute Gasteiger partial charge is 0.497 e. The summed E-state index contributed by atoms with van der Waals surface area (Å²) in [6.07, 6.45) is 0. The maximum atomic E-state index is 13.5. The molecular formula is C10H9FN2O3. The topological polar surface area (TPSA) is 68.4 Å². The smallest absolute Gasteiger partial charge is 0.252 e. The van der Waals surface area contributed by atoms with E-state index < -0.39 is 5.82 Å². The summed E-state index contributed by atoms with van der Waals surface area (Å²) in [5.74, 6) is 0.135. The van der Waals surface area contributed by atoms with Gasteiger partial charge in [-0.15, -0.1) is 0 Å². The Kier molecular flexibility index (Phi) is 2.82. The highest BCUT2D eigenvalue weighted by atomic mass is 19.1. The molecule has 0 unspecified atom stereocenters. The Labute approximate surface area is 90.5 Å². The van der Waals surface area contributed by atoms with Gasteiger partial charge in [-0.05, 0) is 18.2 Å². The van der Waals surface area contributed by atoms with Gasteiger partial charge in [-0.3, -0.25) is 0 Å². The van der Waals surface area contributed by atoms with Crippen molar-refractivity contribution in [1.82, 2.24) is 10.1 Å². The third kappa shape index (κ3) is 1.87. The van der Waals surface area contributed by atoms with E-state index in [2.05, 4.69) is 14.7 Å². The number of hydrogen-bond donors (Lipinski definition) is 1. The Morgan fingerprint density at radius 2 is 2.31 bits per heavy atom. The highest BCUT2D eigenvalue weighted by Gasteiger charge is 2.13. The molecule has 0 saturated heterocycles. The van der Waals surface area contributed by atoms with Crippen molar-refractivity contribution < 1.29 is 18.8 Å². The van der Waals surface area contributed by atoms with Gasteiger partial charge >= 0.3 is 0 Å². The van der Waals surface area contributed by atoms with Gasteiger partial charge in [0, 0.05) is 0 Å². The predicted octanol–water partition coefficient (Wildman–Crippen LogP) is 1.38. The molecule has 0 fully saturated rings. The average molecular weight is 224 g/mol. The number of halogens is 1. The minimum atomic E-state index is -0.480. The van der Waals surface area contributed by atoms with Crippen LogP contribution in [0.5, 0.6) is 5.75 Å². The molecule has 2 rings (SSSR count). The molecule has 0 amide bonds. The zero-order chi connectivity index (χ0) is 11.5. The van der Waals surface area contributed by atoms with Gasteiger partial charge in [0.05, 0.1) is 12.7 Å². The lowest BCUT2D eigenvalue weighted by molar-refractivity contribution is 0.222. The number of rotatable bonds is 3. The molecule has 1 aromatic carbocycles. The third-order valence-corrected chi connectivity index (χ3v) is 2.02. The number of methoxy groups -OCH3 is 1. The number of aliphatic hydroxyl groups excluding tert-OH is 1. The number of hydrogen-bond acceptors (Lipinski definition) is 5. The SMILES string of the molecule is COc1ccc(F)c(-c2noc(CO)n2)c1. The Morgan fingerprint density at radius 1 is 1.50 bits per heavy atom. The number of ether oxygens (including phenoxy) is 1. The predicted molar refractivity (Wildman–Crippen MR) is 52.2 cm³/mol. The quantitative estimate of drug-likeness (QED) is 0.852. The lowest BCUT2D eigenvalue weighted by Gasteiger charge is -2.01. The standard InChI is InChI=1S/C10H9FN2O3/c1-15-6-2-3-8(11)7(4-6)10-12-9(5-14)16-13-10/h2-4,14H,5H2,1H3. The zero-order valence-electron chi connectivity index (χ0n) is 8.48. The Bertz CT molecular complexity index is 499. The molecule has 0 aliphatic heterocycles. The fourth-order valence-corrected chi connectivity index (χ4v) is 1.23. The van der Waals surface area contributed by atoms with Gasteiger partial charge in [0.25, 0.3) is 5.89 Å². The molecule has 2 aromatic rings. The molecule has 6 heteroatoms. The summed E-state index contributed by atoms with van der Waals surface area (Å²) in [6.45, 7) is -0.376. The molecule has 0 saturated carbocycles. The van der Waals surface area contributed by atoms with Gasteiger partial charge in [-0.2, -0.15) is 4.98 Å². The number of benzene rings is 1. The molecule has 0 radical (unpaired) electrons. The van der Waals surface area contributed by atoms with Crippen molar-refractivity contribution in [2.75, 3.05) is 7.11 Å². The molecule has 84 valence electrons. The molecule has 5 nitrogen and oxygen atoms in total. The molecule has 0 atom stereocenters. The highest BCUT2D eigenvalue weighted by molar-refractivity contribution is 5.57. The lowest BCUT2D eigenvalue weighted by atomic mass is 10.2. The van der Waals surface area contributed by atoms with Gasteiger partial charge in [0.15, 0.2) is 0 Å². The van der Waals surface area contributed by atoms with Crippen LogP contribution >= 0.6 is 0 Å². The first-order valence-corrected chi connectivity index (χ1v) is 4.52. The molecule has 1 heterocycles. The summed E-state index contributed by atoms with van der Waals surface area (Å²) in [7, 11) is 1.48.